The summed E-state index contributed by atoms with van der Waals surface area (Å²) < 4.78 is 0. The first kappa shape index (κ1) is 13.8. The molecular weight excluding hydrogens is 232 g/mol. The van der Waals surface area contributed by atoms with Crippen LogP contribution in [0.1, 0.15) is 41.8 Å². The van der Waals surface area contributed by atoms with E-state index in [9.17, 15) is 0 Å². The monoisotopic (exact) mass is 254 g/mol. The highest BCUT2D eigenvalue weighted by Crippen LogP contribution is 2.17. The average molecular weight is 254 g/mol. The molecule has 0 aliphatic rings. The van der Waals surface area contributed by atoms with Gasteiger partial charge in [0, 0.05) is 18.8 Å². The highest BCUT2D eigenvalue weighted by atomic mass is 14.9. The molecule has 0 aliphatic heterocycles. The molecule has 0 spiro atoms. The molecule has 0 fully saturated rings. The van der Waals surface area contributed by atoms with E-state index in [1.54, 1.807) is 0 Å². The van der Waals surface area contributed by atoms with Crippen LogP contribution < -0.4 is 5.32 Å². The predicted molar refractivity (Wildman–Crippen MR) is 80.0 cm³/mol. The fourth-order valence-electron chi connectivity index (χ4n) is 2.13. The Hall–Kier alpha value is -1.67. The van der Waals surface area contributed by atoms with Crippen LogP contribution in [0.2, 0.25) is 0 Å². The highest BCUT2D eigenvalue weighted by molar-refractivity contribution is 5.24. The van der Waals surface area contributed by atoms with Gasteiger partial charge in [-0.15, -0.1) is 0 Å². The Balaban J connectivity index is 1.99. The largest absolute Gasteiger partial charge is 0.304 e. The fraction of sp³-hybridized carbons (Fsp3) is 0.353. The van der Waals surface area contributed by atoms with Crippen molar-refractivity contribution in [2.75, 3.05) is 0 Å². The molecule has 1 heterocycles. The van der Waals surface area contributed by atoms with Gasteiger partial charge in [0.1, 0.15) is 0 Å². The summed E-state index contributed by atoms with van der Waals surface area (Å²) in [5, 5.41) is 3.58. The number of aryl methyl sites for hydroxylation is 2. The summed E-state index contributed by atoms with van der Waals surface area (Å²) in [4.78, 5) is 4.43. The van der Waals surface area contributed by atoms with Crippen LogP contribution in [0.25, 0.3) is 0 Å². The minimum absolute atomic E-state index is 0.392. The maximum atomic E-state index is 4.43. The third-order valence-electron chi connectivity index (χ3n) is 3.39. The Kier molecular flexibility index (Phi) is 4.69. The molecule has 1 atom stereocenters. The number of pyridine rings is 1. The van der Waals surface area contributed by atoms with E-state index in [4.69, 9.17) is 0 Å². The van der Waals surface area contributed by atoms with Gasteiger partial charge in [0.05, 0.1) is 5.69 Å². The number of nitrogens with zero attached hydrogens (tertiary/aromatic N) is 1. The molecule has 1 unspecified atom stereocenters. The van der Waals surface area contributed by atoms with Gasteiger partial charge in [-0.25, -0.2) is 0 Å². The Labute approximate surface area is 115 Å². The molecule has 2 nitrogen and oxygen atoms in total. The normalized spacial score (nSPS) is 12.4. The number of hydrogen-bond acceptors (Lipinski definition) is 2. The van der Waals surface area contributed by atoms with Crippen LogP contribution in [-0.4, -0.2) is 4.98 Å². The zero-order chi connectivity index (χ0) is 13.7. The Morgan fingerprint density at radius 2 is 1.68 bits per heavy atom. The first-order valence-corrected chi connectivity index (χ1v) is 6.90. The molecule has 19 heavy (non-hydrogen) atoms. The molecule has 2 aromatic rings. The molecule has 0 saturated heterocycles. The van der Waals surface area contributed by atoms with Crippen molar-refractivity contribution in [2.24, 2.45) is 0 Å². The minimum atomic E-state index is 0.392. The Morgan fingerprint density at radius 3 is 2.26 bits per heavy atom. The van der Waals surface area contributed by atoms with Gasteiger partial charge in [-0.3, -0.25) is 4.98 Å². The summed E-state index contributed by atoms with van der Waals surface area (Å²) in [7, 11) is 0. The molecule has 0 aliphatic carbocycles. The number of rotatable bonds is 5. The van der Waals surface area contributed by atoms with Gasteiger partial charge in [0.2, 0.25) is 0 Å². The molecule has 0 radical (unpaired) electrons. The summed E-state index contributed by atoms with van der Waals surface area (Å²) in [5.74, 6) is 0. The first-order valence-electron chi connectivity index (χ1n) is 6.90. The van der Waals surface area contributed by atoms with Crippen LogP contribution in [-0.2, 0) is 6.54 Å². The molecule has 0 saturated carbocycles. The lowest BCUT2D eigenvalue weighted by Gasteiger charge is -2.17. The number of benzene rings is 1. The van der Waals surface area contributed by atoms with Crippen molar-refractivity contribution < 1.29 is 0 Å². The second kappa shape index (κ2) is 6.48. The Bertz CT molecular complexity index is 500. The summed E-state index contributed by atoms with van der Waals surface area (Å²) in [6, 6.07) is 13.3. The van der Waals surface area contributed by atoms with Crippen LogP contribution in [0.5, 0.6) is 0 Å². The van der Waals surface area contributed by atoms with Gasteiger partial charge in [0.25, 0.3) is 0 Å². The molecule has 1 aromatic heterocycles. The van der Waals surface area contributed by atoms with Gasteiger partial charge in [0.15, 0.2) is 0 Å². The third kappa shape index (κ3) is 3.90. The van der Waals surface area contributed by atoms with Crippen molar-refractivity contribution in [1.29, 1.82) is 0 Å². The van der Waals surface area contributed by atoms with Gasteiger partial charge >= 0.3 is 0 Å². The smallest absolute Gasteiger partial charge is 0.0542 e. The van der Waals surface area contributed by atoms with Crippen molar-refractivity contribution in [3.8, 4) is 0 Å². The van der Waals surface area contributed by atoms with Gasteiger partial charge < -0.3 is 5.32 Å². The van der Waals surface area contributed by atoms with E-state index in [0.717, 1.165) is 18.7 Å². The SMILES string of the molecule is CCC(NCc1ccc(C)cn1)c1ccc(C)cc1. The van der Waals surface area contributed by atoms with Crippen LogP contribution in [0.15, 0.2) is 42.6 Å². The van der Waals surface area contributed by atoms with E-state index in [1.165, 1.54) is 16.7 Å². The minimum Gasteiger partial charge on any atom is -0.304 e. The molecule has 100 valence electrons. The van der Waals surface area contributed by atoms with Crippen LogP contribution in [0.3, 0.4) is 0 Å². The van der Waals surface area contributed by atoms with Crippen LogP contribution in [0, 0.1) is 13.8 Å². The van der Waals surface area contributed by atoms with Crippen LogP contribution >= 0.6 is 0 Å². The maximum absolute atomic E-state index is 4.43. The molecule has 0 bridgehead atoms. The average Bonchev–Trinajstić information content (AvgIpc) is 2.43. The van der Waals surface area contributed by atoms with Crippen LogP contribution in [0.4, 0.5) is 0 Å². The van der Waals surface area contributed by atoms with E-state index in [-0.39, 0.29) is 0 Å². The summed E-state index contributed by atoms with van der Waals surface area (Å²) in [6.45, 7) is 7.20. The third-order valence-corrected chi connectivity index (χ3v) is 3.39. The van der Waals surface area contributed by atoms with Gasteiger partial charge in [-0.2, -0.15) is 0 Å². The molecule has 0 amide bonds. The first-order chi connectivity index (χ1) is 9.19. The molecule has 1 N–H and O–H groups in total. The summed E-state index contributed by atoms with van der Waals surface area (Å²) >= 11 is 0. The number of hydrogen-bond donors (Lipinski definition) is 1. The van der Waals surface area contributed by atoms with Crippen molar-refractivity contribution in [2.45, 2.75) is 39.8 Å². The fourth-order valence-corrected chi connectivity index (χ4v) is 2.13. The molecule has 2 rings (SSSR count). The molecule has 1 aromatic carbocycles. The van der Waals surface area contributed by atoms with Crippen molar-refractivity contribution in [1.82, 2.24) is 10.3 Å². The second-order valence-corrected chi connectivity index (χ2v) is 5.08. The van der Waals surface area contributed by atoms with E-state index < -0.39 is 0 Å². The standard InChI is InChI=1S/C17H22N2/c1-4-17(15-8-5-13(2)6-9-15)19-12-16-10-7-14(3)11-18-16/h5-11,17,19H,4,12H2,1-3H3. The van der Waals surface area contributed by atoms with E-state index in [0.29, 0.717) is 6.04 Å². The zero-order valence-corrected chi connectivity index (χ0v) is 12.0. The molecule has 2 heteroatoms. The summed E-state index contributed by atoms with van der Waals surface area (Å²) in [6.07, 6.45) is 3.00. The topological polar surface area (TPSA) is 24.9 Å². The van der Waals surface area contributed by atoms with E-state index >= 15 is 0 Å². The van der Waals surface area contributed by atoms with Crippen molar-refractivity contribution in [3.05, 3.63) is 65.0 Å². The molecular formula is C17H22N2. The quantitative estimate of drug-likeness (QED) is 0.874. The second-order valence-electron chi connectivity index (χ2n) is 5.08. The maximum Gasteiger partial charge on any atom is 0.0542 e. The van der Waals surface area contributed by atoms with Crippen molar-refractivity contribution >= 4 is 0 Å². The zero-order valence-electron chi connectivity index (χ0n) is 12.0. The van der Waals surface area contributed by atoms with Gasteiger partial charge in [-0.05, 0) is 37.5 Å². The van der Waals surface area contributed by atoms with E-state index in [2.05, 4.69) is 67.5 Å². The van der Waals surface area contributed by atoms with Crippen molar-refractivity contribution in [3.63, 3.8) is 0 Å². The highest BCUT2D eigenvalue weighted by Gasteiger charge is 2.08. The lowest BCUT2D eigenvalue weighted by molar-refractivity contribution is 0.514. The van der Waals surface area contributed by atoms with Gasteiger partial charge in [-0.1, -0.05) is 42.8 Å². The Morgan fingerprint density at radius 1 is 1.00 bits per heavy atom. The summed E-state index contributed by atoms with van der Waals surface area (Å²) in [5.41, 5.74) is 4.95. The predicted octanol–water partition coefficient (Wildman–Crippen LogP) is 3.94. The number of nitrogens with one attached hydrogen (secondary N) is 1. The number of aromatic nitrogens is 1. The van der Waals surface area contributed by atoms with E-state index in [1.807, 2.05) is 6.20 Å². The lowest BCUT2D eigenvalue weighted by atomic mass is 10.0. The lowest BCUT2D eigenvalue weighted by Crippen LogP contribution is -2.20.